The lowest BCUT2D eigenvalue weighted by Crippen LogP contribution is -2.41. The van der Waals surface area contributed by atoms with Gasteiger partial charge in [0, 0.05) is 12.0 Å². The zero-order valence-electron chi connectivity index (χ0n) is 13.1. The number of hydrogen-bond acceptors (Lipinski definition) is 4. The molecule has 21 heavy (non-hydrogen) atoms. The number of carbonyl (C=O) groups excluding carboxylic acids is 1. The summed E-state index contributed by atoms with van der Waals surface area (Å²) in [5.74, 6) is -0.599. The molecule has 0 aromatic carbocycles. The topological polar surface area (TPSA) is 92.4 Å². The lowest BCUT2D eigenvalue weighted by Gasteiger charge is -2.16. The highest BCUT2D eigenvalue weighted by Crippen LogP contribution is 2.25. The number of aromatic nitrogens is 1. The van der Waals surface area contributed by atoms with E-state index in [-0.39, 0.29) is 18.2 Å². The van der Waals surface area contributed by atoms with Crippen molar-refractivity contribution >= 4 is 11.9 Å². The predicted octanol–water partition coefficient (Wildman–Crippen LogP) is 2.54. The fraction of sp³-hybridized carbons (Fsp3) is 0.667. The maximum atomic E-state index is 12.0. The summed E-state index contributed by atoms with van der Waals surface area (Å²) in [6, 6.07) is -0.811. The highest BCUT2D eigenvalue weighted by molar-refractivity contribution is 5.83. The molecule has 0 spiro atoms. The lowest BCUT2D eigenvalue weighted by molar-refractivity contribution is -0.142. The minimum Gasteiger partial charge on any atom is -0.480 e. The number of carboxylic acids is 1. The van der Waals surface area contributed by atoms with Gasteiger partial charge in [-0.05, 0) is 26.2 Å². The fourth-order valence-electron chi connectivity index (χ4n) is 2.49. The molecule has 6 heteroatoms. The van der Waals surface area contributed by atoms with Crippen LogP contribution in [0.1, 0.15) is 62.5 Å². The quantitative estimate of drug-likeness (QED) is 0.769. The Hall–Kier alpha value is -1.85. The van der Waals surface area contributed by atoms with E-state index >= 15 is 0 Å². The van der Waals surface area contributed by atoms with Crippen molar-refractivity contribution < 1.29 is 19.2 Å². The molecule has 0 aliphatic carbocycles. The molecule has 1 amide bonds. The first-order valence-electron chi connectivity index (χ1n) is 7.31. The Kier molecular flexibility index (Phi) is 6.39. The third-order valence-electron chi connectivity index (χ3n) is 3.55. The third-order valence-corrected chi connectivity index (χ3v) is 3.55. The van der Waals surface area contributed by atoms with Crippen molar-refractivity contribution in [1.29, 1.82) is 0 Å². The van der Waals surface area contributed by atoms with E-state index in [0.29, 0.717) is 12.2 Å². The molecule has 6 nitrogen and oxygen atoms in total. The molecule has 2 atom stereocenters. The van der Waals surface area contributed by atoms with Crippen molar-refractivity contribution in [2.45, 2.75) is 65.3 Å². The van der Waals surface area contributed by atoms with Gasteiger partial charge in [0.1, 0.15) is 11.8 Å². The second-order valence-corrected chi connectivity index (χ2v) is 5.44. The summed E-state index contributed by atoms with van der Waals surface area (Å²) in [5.41, 5.74) is 1.69. The molecule has 0 bridgehead atoms. The number of carbonyl (C=O) groups is 2. The fourth-order valence-corrected chi connectivity index (χ4v) is 2.49. The number of carboxylic acid groups (broad SMARTS) is 1. The molecule has 1 rings (SSSR count). The Morgan fingerprint density at radius 2 is 2.05 bits per heavy atom. The number of amides is 1. The molecule has 0 aliphatic rings. The molecule has 1 aromatic heterocycles. The van der Waals surface area contributed by atoms with Crippen LogP contribution >= 0.6 is 0 Å². The number of unbranched alkanes of at least 4 members (excludes halogenated alkanes) is 1. The van der Waals surface area contributed by atoms with Gasteiger partial charge in [0.05, 0.1) is 5.69 Å². The highest BCUT2D eigenvalue weighted by Gasteiger charge is 2.23. The molecule has 0 saturated carbocycles. The Balaban J connectivity index is 2.61. The third kappa shape index (κ3) is 4.88. The van der Waals surface area contributed by atoms with Crippen molar-refractivity contribution in [2.75, 3.05) is 0 Å². The second-order valence-electron chi connectivity index (χ2n) is 5.44. The number of hydrogen-bond donors (Lipinski definition) is 2. The molecular formula is C15H24N2O4. The van der Waals surface area contributed by atoms with Crippen LogP contribution < -0.4 is 5.32 Å². The van der Waals surface area contributed by atoms with E-state index in [1.807, 2.05) is 27.7 Å². The van der Waals surface area contributed by atoms with Gasteiger partial charge in [-0.15, -0.1) is 0 Å². The largest absolute Gasteiger partial charge is 0.480 e. The Bertz CT molecular complexity index is 476. The average molecular weight is 296 g/mol. The van der Waals surface area contributed by atoms with Crippen LogP contribution in [0.2, 0.25) is 0 Å². The van der Waals surface area contributed by atoms with Gasteiger partial charge in [-0.25, -0.2) is 4.79 Å². The van der Waals surface area contributed by atoms with Gasteiger partial charge in [-0.1, -0.05) is 31.8 Å². The van der Waals surface area contributed by atoms with Gasteiger partial charge in [0.2, 0.25) is 5.91 Å². The van der Waals surface area contributed by atoms with E-state index in [1.54, 1.807) is 0 Å². The number of rotatable bonds is 8. The van der Waals surface area contributed by atoms with Crippen molar-refractivity contribution in [3.05, 3.63) is 17.0 Å². The smallest absolute Gasteiger partial charge is 0.326 e. The van der Waals surface area contributed by atoms with Gasteiger partial charge in [0.25, 0.3) is 0 Å². The minimum absolute atomic E-state index is 0.0585. The van der Waals surface area contributed by atoms with Gasteiger partial charge in [0.15, 0.2) is 0 Å². The monoisotopic (exact) mass is 296 g/mol. The first-order valence-corrected chi connectivity index (χ1v) is 7.31. The van der Waals surface area contributed by atoms with E-state index in [1.165, 1.54) is 0 Å². The van der Waals surface area contributed by atoms with Crippen LogP contribution in [0.3, 0.4) is 0 Å². The van der Waals surface area contributed by atoms with E-state index in [9.17, 15) is 9.59 Å². The van der Waals surface area contributed by atoms with E-state index in [2.05, 4.69) is 10.5 Å². The Morgan fingerprint density at radius 1 is 1.38 bits per heavy atom. The lowest BCUT2D eigenvalue weighted by atomic mass is 9.95. The summed E-state index contributed by atoms with van der Waals surface area (Å²) < 4.78 is 5.09. The van der Waals surface area contributed by atoms with Crippen molar-refractivity contribution in [2.24, 2.45) is 0 Å². The summed E-state index contributed by atoms with van der Waals surface area (Å²) in [7, 11) is 0. The summed E-state index contributed by atoms with van der Waals surface area (Å²) in [4.78, 5) is 23.1. The highest BCUT2D eigenvalue weighted by atomic mass is 16.5. The number of aliphatic carboxylic acids is 1. The summed E-state index contributed by atoms with van der Waals surface area (Å²) in [5, 5.41) is 15.6. The number of nitrogens with zero attached hydrogens (tertiary/aromatic N) is 1. The molecule has 0 radical (unpaired) electrons. The van der Waals surface area contributed by atoms with Crippen LogP contribution in [-0.4, -0.2) is 28.2 Å². The zero-order valence-corrected chi connectivity index (χ0v) is 13.1. The van der Waals surface area contributed by atoms with E-state index in [4.69, 9.17) is 9.63 Å². The van der Waals surface area contributed by atoms with Crippen LogP contribution in [-0.2, 0) is 9.59 Å². The van der Waals surface area contributed by atoms with Gasteiger partial charge >= 0.3 is 5.97 Å². The molecule has 1 aromatic rings. The molecule has 0 aliphatic heterocycles. The van der Waals surface area contributed by atoms with Crippen LogP contribution in [0, 0.1) is 13.8 Å². The van der Waals surface area contributed by atoms with E-state index < -0.39 is 12.0 Å². The van der Waals surface area contributed by atoms with Crippen LogP contribution in [0.5, 0.6) is 0 Å². The molecule has 0 saturated heterocycles. The maximum absolute atomic E-state index is 12.0. The first kappa shape index (κ1) is 17.2. The van der Waals surface area contributed by atoms with Crippen molar-refractivity contribution in [3.8, 4) is 0 Å². The number of aryl methyl sites for hydroxylation is 2. The molecule has 118 valence electrons. The van der Waals surface area contributed by atoms with E-state index in [0.717, 1.165) is 24.1 Å². The Morgan fingerprint density at radius 3 is 2.52 bits per heavy atom. The van der Waals surface area contributed by atoms with Gasteiger partial charge in [-0.3, -0.25) is 4.79 Å². The predicted molar refractivity (Wildman–Crippen MR) is 78.1 cm³/mol. The van der Waals surface area contributed by atoms with Crippen molar-refractivity contribution in [1.82, 2.24) is 10.5 Å². The summed E-state index contributed by atoms with van der Waals surface area (Å²) in [6.45, 7) is 7.54. The molecule has 2 N–H and O–H groups in total. The Labute approximate surface area is 124 Å². The van der Waals surface area contributed by atoms with Gasteiger partial charge in [-0.2, -0.15) is 0 Å². The van der Waals surface area contributed by atoms with Crippen LogP contribution in [0.25, 0.3) is 0 Å². The number of nitrogens with one attached hydrogen (secondary N) is 1. The van der Waals surface area contributed by atoms with Crippen molar-refractivity contribution in [3.63, 3.8) is 0 Å². The summed E-state index contributed by atoms with van der Waals surface area (Å²) >= 11 is 0. The standard InChI is InChI=1S/C15H24N2O4/c1-5-6-7-12(15(19)20)16-13(18)8-9(2)14-10(3)17-21-11(14)4/h9,12H,5-8H2,1-4H3,(H,16,18)(H,19,20)/t9?,12-/m0/s1. The maximum Gasteiger partial charge on any atom is 0.326 e. The first-order chi connectivity index (χ1) is 9.86. The molecule has 0 fully saturated rings. The molecular weight excluding hydrogens is 272 g/mol. The zero-order chi connectivity index (χ0) is 16.0. The normalized spacial score (nSPS) is 13.7. The molecule has 1 unspecified atom stereocenters. The summed E-state index contributed by atoms with van der Waals surface area (Å²) in [6.07, 6.45) is 2.35. The van der Waals surface area contributed by atoms with Crippen LogP contribution in [0.4, 0.5) is 0 Å². The molecule has 1 heterocycles. The van der Waals surface area contributed by atoms with Gasteiger partial charge < -0.3 is 14.9 Å². The van der Waals surface area contributed by atoms with Crippen LogP contribution in [0.15, 0.2) is 4.52 Å². The minimum atomic E-state index is -0.984. The average Bonchev–Trinajstić information content (AvgIpc) is 2.73. The SMILES string of the molecule is CCCC[C@H](NC(=O)CC(C)c1c(C)noc1C)C(=O)O. The second kappa shape index (κ2) is 7.81.